The predicted molar refractivity (Wildman–Crippen MR) is 128 cm³/mol. The number of ether oxygens (including phenoxy) is 5. The highest BCUT2D eigenvalue weighted by molar-refractivity contribution is 9.10. The van der Waals surface area contributed by atoms with Crippen molar-refractivity contribution >= 4 is 21.9 Å². The summed E-state index contributed by atoms with van der Waals surface area (Å²) in [7, 11) is 1.56. The topological polar surface area (TPSA) is 113 Å². The van der Waals surface area contributed by atoms with Gasteiger partial charge in [0.15, 0.2) is 11.5 Å². The van der Waals surface area contributed by atoms with Crippen LogP contribution in [0.15, 0.2) is 76.6 Å². The molecule has 3 aromatic rings. The molecule has 5 rings (SSSR count). The third-order valence-electron chi connectivity index (χ3n) is 5.68. The van der Waals surface area contributed by atoms with Crippen LogP contribution in [0.3, 0.4) is 0 Å². The Morgan fingerprint density at radius 3 is 2.66 bits per heavy atom. The minimum atomic E-state index is -0.921. The summed E-state index contributed by atoms with van der Waals surface area (Å²) in [6, 6.07) is 19.7. The Morgan fingerprint density at radius 1 is 1.09 bits per heavy atom. The van der Waals surface area contributed by atoms with Gasteiger partial charge in [-0.05, 0) is 36.4 Å². The molecule has 35 heavy (non-hydrogen) atoms. The Morgan fingerprint density at radius 2 is 1.89 bits per heavy atom. The largest absolute Gasteiger partial charge is 0.496 e. The molecule has 0 radical (unpaired) electrons. The Hall–Kier alpha value is -4.16. The van der Waals surface area contributed by atoms with Crippen molar-refractivity contribution in [2.24, 2.45) is 5.73 Å². The Bertz CT molecular complexity index is 1400. The molecule has 0 fully saturated rings. The number of benzene rings is 3. The number of fused-ring (bicyclic) bond motifs is 2. The van der Waals surface area contributed by atoms with Gasteiger partial charge in [-0.15, -0.1) is 0 Å². The van der Waals surface area contributed by atoms with Gasteiger partial charge >= 0.3 is 5.97 Å². The van der Waals surface area contributed by atoms with E-state index in [9.17, 15) is 10.1 Å². The van der Waals surface area contributed by atoms with Crippen LogP contribution in [0.5, 0.6) is 28.7 Å². The number of halogens is 1. The van der Waals surface area contributed by atoms with Crippen molar-refractivity contribution < 1.29 is 28.5 Å². The van der Waals surface area contributed by atoms with Crippen LogP contribution in [-0.2, 0) is 4.79 Å². The summed E-state index contributed by atoms with van der Waals surface area (Å²) in [6.45, 7) is 0.0310. The molecular weight excluding hydrogens is 516 g/mol. The molecule has 0 bridgehead atoms. The molecule has 2 atom stereocenters. The van der Waals surface area contributed by atoms with Crippen molar-refractivity contribution in [1.82, 2.24) is 0 Å². The second-order valence-electron chi connectivity index (χ2n) is 7.80. The van der Waals surface area contributed by atoms with Gasteiger partial charge in [0.05, 0.1) is 13.0 Å². The summed E-state index contributed by atoms with van der Waals surface area (Å²) < 4.78 is 29.0. The molecule has 9 heteroatoms. The van der Waals surface area contributed by atoms with Gasteiger partial charge in [0, 0.05) is 21.7 Å². The number of carbonyl (C=O) groups excluding carboxylic acids is 1. The molecule has 0 spiro atoms. The van der Waals surface area contributed by atoms with Crippen LogP contribution in [0, 0.1) is 11.3 Å². The monoisotopic (exact) mass is 534 g/mol. The zero-order valence-corrected chi connectivity index (χ0v) is 20.1. The normalized spacial score (nSPS) is 18.1. The molecule has 0 aromatic heterocycles. The van der Waals surface area contributed by atoms with E-state index in [4.69, 9.17) is 29.4 Å². The molecule has 0 saturated carbocycles. The predicted octanol–water partition coefficient (Wildman–Crippen LogP) is 4.42. The number of carbonyl (C=O) groups is 1. The summed E-state index contributed by atoms with van der Waals surface area (Å²) in [4.78, 5) is 12.7. The van der Waals surface area contributed by atoms with E-state index < -0.39 is 18.0 Å². The molecule has 3 aromatic carbocycles. The first-order valence-electron chi connectivity index (χ1n) is 10.6. The summed E-state index contributed by atoms with van der Waals surface area (Å²) in [5.41, 5.74) is 7.78. The highest BCUT2D eigenvalue weighted by atomic mass is 79.9. The minimum Gasteiger partial charge on any atom is -0.496 e. The fraction of sp³-hybridized carbons (Fsp3) is 0.154. The lowest BCUT2D eigenvalue weighted by molar-refractivity contribution is -0.144. The zero-order valence-electron chi connectivity index (χ0n) is 18.5. The van der Waals surface area contributed by atoms with Gasteiger partial charge in [-0.2, -0.15) is 5.26 Å². The van der Waals surface area contributed by atoms with E-state index in [-0.39, 0.29) is 23.8 Å². The van der Waals surface area contributed by atoms with Gasteiger partial charge < -0.3 is 29.4 Å². The van der Waals surface area contributed by atoms with Crippen molar-refractivity contribution in [3.63, 3.8) is 0 Å². The van der Waals surface area contributed by atoms with E-state index in [0.29, 0.717) is 28.6 Å². The van der Waals surface area contributed by atoms with Crippen LogP contribution in [0.1, 0.15) is 17.0 Å². The van der Waals surface area contributed by atoms with E-state index in [1.807, 2.05) is 18.2 Å². The average molecular weight is 535 g/mol. The molecule has 0 amide bonds. The van der Waals surface area contributed by atoms with Crippen LogP contribution in [0.2, 0.25) is 0 Å². The molecule has 0 aliphatic carbocycles. The number of nitriles is 1. The third kappa shape index (κ3) is 4.24. The maximum absolute atomic E-state index is 12.7. The summed E-state index contributed by atoms with van der Waals surface area (Å²) in [5, 5.41) is 9.82. The van der Waals surface area contributed by atoms with Crippen molar-refractivity contribution in [1.29, 1.82) is 5.26 Å². The second-order valence-corrected chi connectivity index (χ2v) is 8.71. The molecule has 2 heterocycles. The van der Waals surface area contributed by atoms with E-state index in [2.05, 4.69) is 22.0 Å². The molecule has 2 aliphatic heterocycles. The molecule has 0 saturated heterocycles. The van der Waals surface area contributed by atoms with E-state index in [0.717, 1.165) is 10.0 Å². The fourth-order valence-electron chi connectivity index (χ4n) is 4.07. The number of rotatable bonds is 4. The Labute approximate surface area is 209 Å². The summed E-state index contributed by atoms with van der Waals surface area (Å²) in [6.07, 6.45) is -0.921. The highest BCUT2D eigenvalue weighted by Gasteiger charge is 2.34. The van der Waals surface area contributed by atoms with Gasteiger partial charge in [-0.1, -0.05) is 34.1 Å². The maximum atomic E-state index is 12.7. The number of nitrogens with two attached hydrogens (primary N) is 1. The van der Waals surface area contributed by atoms with Crippen molar-refractivity contribution in [3.8, 4) is 34.8 Å². The zero-order chi connectivity index (χ0) is 24.5. The fourth-order valence-corrected chi connectivity index (χ4v) is 4.45. The van der Waals surface area contributed by atoms with Crippen LogP contribution < -0.4 is 29.4 Å². The minimum absolute atomic E-state index is 0.0310. The van der Waals surface area contributed by atoms with Gasteiger partial charge in [0.2, 0.25) is 12.0 Å². The molecule has 8 nitrogen and oxygen atoms in total. The van der Waals surface area contributed by atoms with E-state index in [1.165, 1.54) is 0 Å². The SMILES string of the molecule is COc1ccc(Br)cc1C1C(C#N)=C(N)Oc2cc(OC(=O)C3COc4ccccc4O3)ccc21. The molecule has 176 valence electrons. The number of methoxy groups -OCH3 is 1. The lowest BCUT2D eigenvalue weighted by Crippen LogP contribution is -2.39. The van der Waals surface area contributed by atoms with Crippen LogP contribution in [0.25, 0.3) is 0 Å². The number of esters is 1. The van der Waals surface area contributed by atoms with E-state index in [1.54, 1.807) is 49.6 Å². The Balaban J connectivity index is 1.44. The first-order valence-corrected chi connectivity index (χ1v) is 11.4. The average Bonchev–Trinajstić information content (AvgIpc) is 2.87. The van der Waals surface area contributed by atoms with Gasteiger partial charge in [-0.3, -0.25) is 0 Å². The number of hydrogen-bond donors (Lipinski definition) is 1. The molecule has 2 N–H and O–H groups in total. The molecular formula is C26H19BrN2O6. The number of nitrogens with zero attached hydrogens (tertiary/aromatic N) is 1. The summed E-state index contributed by atoms with van der Waals surface area (Å²) in [5.74, 6) is 1.07. The lowest BCUT2D eigenvalue weighted by atomic mass is 9.83. The van der Waals surface area contributed by atoms with Crippen molar-refractivity contribution in [3.05, 3.63) is 87.7 Å². The number of allylic oxidation sites excluding steroid dienone is 1. The van der Waals surface area contributed by atoms with Crippen LogP contribution in [0.4, 0.5) is 0 Å². The van der Waals surface area contributed by atoms with Crippen molar-refractivity contribution in [2.75, 3.05) is 13.7 Å². The van der Waals surface area contributed by atoms with Gasteiger partial charge in [0.1, 0.15) is 35.5 Å². The van der Waals surface area contributed by atoms with E-state index >= 15 is 0 Å². The lowest BCUT2D eigenvalue weighted by Gasteiger charge is -2.28. The van der Waals surface area contributed by atoms with Crippen LogP contribution in [-0.4, -0.2) is 25.8 Å². The Kier molecular flexibility index (Phi) is 5.97. The second kappa shape index (κ2) is 9.24. The number of hydrogen-bond acceptors (Lipinski definition) is 8. The maximum Gasteiger partial charge on any atom is 0.356 e. The van der Waals surface area contributed by atoms with Gasteiger partial charge in [0.25, 0.3) is 0 Å². The smallest absolute Gasteiger partial charge is 0.356 e. The van der Waals surface area contributed by atoms with Crippen molar-refractivity contribution in [2.45, 2.75) is 12.0 Å². The quantitative estimate of drug-likeness (QED) is 0.386. The first-order chi connectivity index (χ1) is 17.0. The molecule has 2 aliphatic rings. The standard InChI is InChI=1S/C26H19BrN2O6/c1-31-19-9-6-14(27)10-17(19)24-16-8-7-15(11-22(16)35-25(29)18(24)12-28)33-26(30)23-13-32-20-4-2-3-5-21(20)34-23/h2-11,23-24H,13,29H2,1H3. The van der Waals surface area contributed by atoms with Crippen LogP contribution >= 0.6 is 15.9 Å². The summed E-state index contributed by atoms with van der Waals surface area (Å²) >= 11 is 3.48. The first kappa shape index (κ1) is 22.6. The highest BCUT2D eigenvalue weighted by Crippen LogP contribution is 2.46. The van der Waals surface area contributed by atoms with Gasteiger partial charge in [-0.25, -0.2) is 4.79 Å². The third-order valence-corrected chi connectivity index (χ3v) is 6.18. The number of para-hydroxylation sites is 2. The molecule has 2 unspecified atom stereocenters.